The lowest BCUT2D eigenvalue weighted by molar-refractivity contribution is -0.118. The number of aromatic nitrogens is 3. The molecule has 25 heavy (non-hydrogen) atoms. The van der Waals surface area contributed by atoms with Crippen LogP contribution in [0.2, 0.25) is 0 Å². The number of carbonyl (C=O) groups excluding carboxylic acids is 1. The lowest BCUT2D eigenvalue weighted by Gasteiger charge is -2.21. The Hall–Kier alpha value is -2.73. The third-order valence-electron chi connectivity index (χ3n) is 4.46. The van der Waals surface area contributed by atoms with Crippen LogP contribution in [0.4, 0.5) is 5.69 Å². The molecule has 1 atom stereocenters. The number of hydrogen-bond acceptors (Lipinski definition) is 4. The van der Waals surface area contributed by atoms with Crippen LogP contribution in [0.3, 0.4) is 0 Å². The first kappa shape index (κ1) is 15.8. The quantitative estimate of drug-likeness (QED) is 0.794. The molecule has 0 aliphatic carbocycles. The zero-order chi connectivity index (χ0) is 17.1. The molecule has 3 aromatic rings. The van der Waals surface area contributed by atoms with Gasteiger partial charge in [0.25, 0.3) is 0 Å². The van der Waals surface area contributed by atoms with E-state index in [0.29, 0.717) is 24.6 Å². The minimum absolute atomic E-state index is 0.0122. The summed E-state index contributed by atoms with van der Waals surface area (Å²) >= 11 is 0. The average molecular weight is 336 g/mol. The van der Waals surface area contributed by atoms with Crippen molar-refractivity contribution in [3.8, 4) is 5.82 Å². The number of amides is 1. The average Bonchev–Trinajstić information content (AvgIpc) is 3.07. The molecule has 4 rings (SSSR count). The molecule has 0 bridgehead atoms. The maximum absolute atomic E-state index is 12.2. The molecule has 1 aliphatic heterocycles. The van der Waals surface area contributed by atoms with E-state index in [9.17, 15) is 4.79 Å². The van der Waals surface area contributed by atoms with Crippen molar-refractivity contribution in [1.82, 2.24) is 14.5 Å². The lowest BCUT2D eigenvalue weighted by Crippen LogP contribution is -2.23. The minimum atomic E-state index is 0.0122. The first-order chi connectivity index (χ1) is 12.3. The second-order valence-electron chi connectivity index (χ2n) is 6.34. The number of fused-ring (bicyclic) bond motifs is 1. The highest BCUT2D eigenvalue weighted by Gasteiger charge is 2.17. The normalized spacial score (nSPS) is 17.5. The second kappa shape index (κ2) is 7.03. The molecule has 2 aromatic heterocycles. The highest BCUT2D eigenvalue weighted by atomic mass is 16.5. The van der Waals surface area contributed by atoms with Gasteiger partial charge >= 0.3 is 0 Å². The largest absolute Gasteiger partial charge is 0.381 e. The zero-order valence-corrected chi connectivity index (χ0v) is 13.9. The fraction of sp³-hybridized carbons (Fsp3) is 0.316. The second-order valence-corrected chi connectivity index (χ2v) is 6.34. The number of nitrogens with zero attached hydrogens (tertiary/aromatic N) is 3. The number of carbonyl (C=O) groups is 1. The molecule has 0 saturated carbocycles. The molecule has 0 radical (unpaired) electrons. The Labute approximate surface area is 145 Å². The number of nitrogens with one attached hydrogen (secondary N) is 1. The van der Waals surface area contributed by atoms with Crippen LogP contribution in [0.15, 0.2) is 48.9 Å². The number of hydrogen-bond donors (Lipinski definition) is 1. The third-order valence-corrected chi connectivity index (χ3v) is 4.46. The molecular weight excluding hydrogens is 316 g/mol. The first-order valence-electron chi connectivity index (χ1n) is 8.56. The van der Waals surface area contributed by atoms with Gasteiger partial charge in [0.2, 0.25) is 5.91 Å². The standard InChI is InChI=1S/C19H20N4O2/c24-19(10-14-4-3-9-25-12-14)22-15-7-8-18(20-11-15)23-13-21-16-5-1-2-6-17(16)23/h1-2,5-8,11,13-14H,3-4,9-10,12H2,(H,22,24). The van der Waals surface area contributed by atoms with Crippen LogP contribution in [-0.4, -0.2) is 33.7 Å². The van der Waals surface area contributed by atoms with E-state index in [1.165, 1.54) is 0 Å². The van der Waals surface area contributed by atoms with Gasteiger partial charge in [-0.3, -0.25) is 9.36 Å². The fourth-order valence-corrected chi connectivity index (χ4v) is 3.19. The smallest absolute Gasteiger partial charge is 0.224 e. The molecule has 6 nitrogen and oxygen atoms in total. The molecule has 1 unspecified atom stereocenters. The number of pyridine rings is 1. The van der Waals surface area contributed by atoms with Gasteiger partial charge < -0.3 is 10.1 Å². The maximum atomic E-state index is 12.2. The van der Waals surface area contributed by atoms with Crippen LogP contribution < -0.4 is 5.32 Å². The highest BCUT2D eigenvalue weighted by molar-refractivity contribution is 5.90. The van der Waals surface area contributed by atoms with Crippen molar-refractivity contribution in [3.05, 3.63) is 48.9 Å². The molecule has 1 amide bonds. The van der Waals surface area contributed by atoms with Crippen molar-refractivity contribution < 1.29 is 9.53 Å². The summed E-state index contributed by atoms with van der Waals surface area (Å²) in [6, 6.07) is 11.7. The lowest BCUT2D eigenvalue weighted by atomic mass is 9.98. The molecule has 1 N–H and O–H groups in total. The number of rotatable bonds is 4. The number of para-hydroxylation sites is 2. The van der Waals surface area contributed by atoms with E-state index in [0.717, 1.165) is 36.3 Å². The maximum Gasteiger partial charge on any atom is 0.224 e. The summed E-state index contributed by atoms with van der Waals surface area (Å²) in [7, 11) is 0. The van der Waals surface area contributed by atoms with Crippen LogP contribution in [-0.2, 0) is 9.53 Å². The topological polar surface area (TPSA) is 69.0 Å². The monoisotopic (exact) mass is 336 g/mol. The van der Waals surface area contributed by atoms with E-state index in [2.05, 4.69) is 15.3 Å². The molecule has 1 aromatic carbocycles. The predicted molar refractivity (Wildman–Crippen MR) is 95.7 cm³/mol. The summed E-state index contributed by atoms with van der Waals surface area (Å²) in [4.78, 5) is 21.0. The van der Waals surface area contributed by atoms with E-state index in [-0.39, 0.29) is 5.91 Å². The van der Waals surface area contributed by atoms with Gasteiger partial charge in [0.1, 0.15) is 12.1 Å². The Balaban J connectivity index is 1.44. The Morgan fingerprint density at radius 1 is 1.24 bits per heavy atom. The molecule has 1 fully saturated rings. The van der Waals surface area contributed by atoms with Crippen molar-refractivity contribution in [2.75, 3.05) is 18.5 Å². The van der Waals surface area contributed by atoms with Crippen molar-refractivity contribution in [2.45, 2.75) is 19.3 Å². The van der Waals surface area contributed by atoms with Crippen molar-refractivity contribution in [2.24, 2.45) is 5.92 Å². The van der Waals surface area contributed by atoms with Crippen molar-refractivity contribution in [3.63, 3.8) is 0 Å². The molecule has 6 heteroatoms. The molecule has 3 heterocycles. The van der Waals surface area contributed by atoms with E-state index >= 15 is 0 Å². The Bertz CT molecular complexity index is 867. The highest BCUT2D eigenvalue weighted by Crippen LogP contribution is 2.19. The number of ether oxygens (including phenoxy) is 1. The van der Waals surface area contributed by atoms with Gasteiger partial charge in [-0.15, -0.1) is 0 Å². The predicted octanol–water partition coefficient (Wildman–Crippen LogP) is 3.18. The number of benzene rings is 1. The van der Waals surface area contributed by atoms with E-state index < -0.39 is 0 Å². The molecular formula is C19H20N4O2. The summed E-state index contributed by atoms with van der Waals surface area (Å²) in [5, 5.41) is 2.92. The summed E-state index contributed by atoms with van der Waals surface area (Å²) < 4.78 is 7.36. The summed E-state index contributed by atoms with van der Waals surface area (Å²) in [5.74, 6) is 1.10. The SMILES string of the molecule is O=C(CC1CCCOC1)Nc1ccc(-n2cnc3ccccc32)nc1. The van der Waals surface area contributed by atoms with Crippen LogP contribution >= 0.6 is 0 Å². The van der Waals surface area contributed by atoms with Crippen LogP contribution in [0.1, 0.15) is 19.3 Å². The molecule has 1 saturated heterocycles. The van der Waals surface area contributed by atoms with Gasteiger partial charge in [-0.1, -0.05) is 12.1 Å². The fourth-order valence-electron chi connectivity index (χ4n) is 3.19. The molecule has 0 spiro atoms. The van der Waals surface area contributed by atoms with Gasteiger partial charge in [-0.25, -0.2) is 9.97 Å². The zero-order valence-electron chi connectivity index (χ0n) is 13.9. The van der Waals surface area contributed by atoms with E-state index in [4.69, 9.17) is 4.74 Å². The number of anilines is 1. The molecule has 128 valence electrons. The summed E-state index contributed by atoms with van der Waals surface area (Å²) in [6.07, 6.45) is 6.02. The van der Waals surface area contributed by atoms with E-state index in [1.54, 1.807) is 12.5 Å². The first-order valence-corrected chi connectivity index (χ1v) is 8.56. The van der Waals surface area contributed by atoms with Crippen molar-refractivity contribution in [1.29, 1.82) is 0 Å². The molecule has 1 aliphatic rings. The van der Waals surface area contributed by atoms with Crippen LogP contribution in [0.5, 0.6) is 0 Å². The third kappa shape index (κ3) is 3.53. The number of imidazole rings is 1. The Morgan fingerprint density at radius 2 is 2.16 bits per heavy atom. The Morgan fingerprint density at radius 3 is 2.96 bits per heavy atom. The Kier molecular flexibility index (Phi) is 4.43. The summed E-state index contributed by atoms with van der Waals surface area (Å²) in [5.41, 5.74) is 2.63. The van der Waals surface area contributed by atoms with E-state index in [1.807, 2.05) is 41.0 Å². The minimum Gasteiger partial charge on any atom is -0.381 e. The van der Waals surface area contributed by atoms with Gasteiger partial charge in [-0.2, -0.15) is 0 Å². The summed E-state index contributed by atoms with van der Waals surface area (Å²) in [6.45, 7) is 1.49. The van der Waals surface area contributed by atoms with Crippen LogP contribution in [0.25, 0.3) is 16.9 Å². The van der Waals surface area contributed by atoms with Crippen molar-refractivity contribution >= 4 is 22.6 Å². The van der Waals surface area contributed by atoms with Gasteiger partial charge in [0.15, 0.2) is 0 Å². The van der Waals surface area contributed by atoms with Crippen LogP contribution in [0, 0.1) is 5.92 Å². The van der Waals surface area contributed by atoms with Gasteiger partial charge in [0.05, 0.1) is 22.9 Å². The van der Waals surface area contributed by atoms with Gasteiger partial charge in [-0.05, 0) is 43.0 Å². The van der Waals surface area contributed by atoms with Gasteiger partial charge in [0, 0.05) is 19.6 Å².